The lowest BCUT2D eigenvalue weighted by Gasteiger charge is -2.26. The van der Waals surface area contributed by atoms with Gasteiger partial charge in [0, 0.05) is 16.5 Å². The molecule has 0 aliphatic carbocycles. The standard InChI is InChI=1S/C28H24Cl2N2O4S/c1-3-4-11-34-26-22(29)12-17(13-23(26)30)28(33)35-18-7-10-20-24(14-18)36-27(32)21(15-31)25(20)16-5-8-19(37-2)9-6-16/h5-10,12-14,25H,3-4,11,32H2,1-2H3. The zero-order chi connectivity index (χ0) is 26.5. The van der Waals surface area contributed by atoms with Crippen molar-refractivity contribution in [1.82, 2.24) is 0 Å². The fourth-order valence-electron chi connectivity index (χ4n) is 3.94. The molecule has 190 valence electrons. The molecule has 9 heteroatoms. The van der Waals surface area contributed by atoms with Gasteiger partial charge in [-0.1, -0.05) is 54.7 Å². The molecule has 4 rings (SSSR count). The molecule has 0 amide bonds. The molecule has 1 aliphatic rings. The molecule has 0 aromatic heterocycles. The van der Waals surface area contributed by atoms with Crippen molar-refractivity contribution in [1.29, 1.82) is 5.26 Å². The first-order valence-corrected chi connectivity index (χ1v) is 13.5. The number of allylic oxidation sites excluding steroid dienone is 1. The Hall–Kier alpha value is -3.31. The summed E-state index contributed by atoms with van der Waals surface area (Å²) in [5.41, 5.74) is 8.24. The monoisotopic (exact) mass is 554 g/mol. The number of fused-ring (bicyclic) bond motifs is 1. The van der Waals surface area contributed by atoms with E-state index >= 15 is 0 Å². The minimum Gasteiger partial charge on any atom is -0.490 e. The summed E-state index contributed by atoms with van der Waals surface area (Å²) < 4.78 is 17.0. The second kappa shape index (κ2) is 11.8. The third-order valence-electron chi connectivity index (χ3n) is 5.83. The van der Waals surface area contributed by atoms with E-state index in [1.54, 1.807) is 30.0 Å². The van der Waals surface area contributed by atoms with Crippen LogP contribution in [0.4, 0.5) is 0 Å². The predicted molar refractivity (Wildman–Crippen MR) is 146 cm³/mol. The molecule has 1 heterocycles. The van der Waals surface area contributed by atoms with Crippen molar-refractivity contribution >= 4 is 40.9 Å². The molecule has 1 unspecified atom stereocenters. The van der Waals surface area contributed by atoms with E-state index in [0.29, 0.717) is 23.7 Å². The van der Waals surface area contributed by atoms with Gasteiger partial charge in [-0.2, -0.15) is 5.26 Å². The smallest absolute Gasteiger partial charge is 0.343 e. The summed E-state index contributed by atoms with van der Waals surface area (Å²) in [7, 11) is 0. The average molecular weight is 555 g/mol. The van der Waals surface area contributed by atoms with Crippen molar-refractivity contribution in [2.24, 2.45) is 5.73 Å². The van der Waals surface area contributed by atoms with Gasteiger partial charge in [-0.25, -0.2) is 4.79 Å². The second-order valence-corrected chi connectivity index (χ2v) is 9.95. The zero-order valence-electron chi connectivity index (χ0n) is 20.2. The highest BCUT2D eigenvalue weighted by Gasteiger charge is 2.31. The number of carbonyl (C=O) groups excluding carboxylic acids is 1. The summed E-state index contributed by atoms with van der Waals surface area (Å²) in [5, 5.41) is 10.2. The molecule has 0 fully saturated rings. The quantitative estimate of drug-likeness (QED) is 0.135. The summed E-state index contributed by atoms with van der Waals surface area (Å²) in [6.45, 7) is 2.52. The zero-order valence-corrected chi connectivity index (χ0v) is 22.5. The summed E-state index contributed by atoms with van der Waals surface area (Å²) in [4.78, 5) is 14.0. The fourth-order valence-corrected chi connectivity index (χ4v) is 4.94. The van der Waals surface area contributed by atoms with Gasteiger partial charge >= 0.3 is 5.97 Å². The maximum Gasteiger partial charge on any atom is 0.343 e. The number of halogens is 2. The van der Waals surface area contributed by atoms with Crippen LogP contribution < -0.4 is 19.9 Å². The molecule has 0 spiro atoms. The summed E-state index contributed by atoms with van der Waals surface area (Å²) in [5.74, 6) is -0.0740. The Kier molecular flexibility index (Phi) is 8.55. The van der Waals surface area contributed by atoms with Gasteiger partial charge in [0.1, 0.15) is 23.1 Å². The lowest BCUT2D eigenvalue weighted by Crippen LogP contribution is -2.21. The van der Waals surface area contributed by atoms with Crippen LogP contribution in [0.1, 0.15) is 47.2 Å². The molecule has 3 aromatic carbocycles. The molecule has 0 radical (unpaired) electrons. The van der Waals surface area contributed by atoms with E-state index in [9.17, 15) is 10.1 Å². The number of ether oxygens (including phenoxy) is 3. The minimum atomic E-state index is -0.648. The second-order valence-electron chi connectivity index (χ2n) is 8.26. The van der Waals surface area contributed by atoms with Crippen molar-refractivity contribution in [3.63, 3.8) is 0 Å². The Morgan fingerprint density at radius 1 is 1.14 bits per heavy atom. The van der Waals surface area contributed by atoms with E-state index in [-0.39, 0.29) is 27.2 Å². The van der Waals surface area contributed by atoms with E-state index in [4.69, 9.17) is 43.1 Å². The normalized spacial score (nSPS) is 14.4. The Morgan fingerprint density at radius 2 is 1.84 bits per heavy atom. The van der Waals surface area contributed by atoms with Crippen LogP contribution in [0.2, 0.25) is 10.0 Å². The molecule has 3 aromatic rings. The van der Waals surface area contributed by atoms with Gasteiger partial charge in [-0.3, -0.25) is 0 Å². The summed E-state index contributed by atoms with van der Waals surface area (Å²) >= 11 is 14.2. The highest BCUT2D eigenvalue weighted by Crippen LogP contribution is 2.44. The van der Waals surface area contributed by atoms with Gasteiger partial charge in [-0.05, 0) is 48.6 Å². The van der Waals surface area contributed by atoms with E-state index in [2.05, 4.69) is 6.07 Å². The van der Waals surface area contributed by atoms with Gasteiger partial charge in [0.05, 0.1) is 28.1 Å². The van der Waals surface area contributed by atoms with Gasteiger partial charge in [0.2, 0.25) is 5.88 Å². The Labute approximate surface area is 229 Å². The van der Waals surface area contributed by atoms with Crippen LogP contribution in [0.5, 0.6) is 17.2 Å². The number of benzene rings is 3. The number of carbonyl (C=O) groups is 1. The number of thioether (sulfide) groups is 1. The third-order valence-corrected chi connectivity index (χ3v) is 7.13. The molecule has 1 atom stereocenters. The maximum atomic E-state index is 12.9. The largest absolute Gasteiger partial charge is 0.490 e. The number of unbranched alkanes of at least 4 members (excludes halogenated alkanes) is 1. The van der Waals surface area contributed by atoms with Gasteiger partial charge < -0.3 is 19.9 Å². The molecule has 0 bridgehead atoms. The highest BCUT2D eigenvalue weighted by molar-refractivity contribution is 7.98. The first-order chi connectivity index (χ1) is 17.9. The molecular formula is C28H24Cl2N2O4S. The van der Waals surface area contributed by atoms with E-state index in [1.165, 1.54) is 12.1 Å². The van der Waals surface area contributed by atoms with Crippen LogP contribution in [-0.4, -0.2) is 18.8 Å². The number of esters is 1. The lowest BCUT2D eigenvalue weighted by atomic mass is 9.83. The molecule has 6 nitrogen and oxygen atoms in total. The SMILES string of the molecule is CCCCOc1c(Cl)cc(C(=O)Oc2ccc3c(c2)OC(N)=C(C#N)C3c2ccc(SC)cc2)cc1Cl. The average Bonchev–Trinajstić information content (AvgIpc) is 2.89. The first kappa shape index (κ1) is 26.7. The minimum absolute atomic E-state index is 0.00893. The van der Waals surface area contributed by atoms with E-state index < -0.39 is 11.9 Å². The van der Waals surface area contributed by atoms with E-state index in [0.717, 1.165) is 28.9 Å². The van der Waals surface area contributed by atoms with Gasteiger partial charge in [0.15, 0.2) is 5.75 Å². The number of nitrogens with zero attached hydrogens (tertiary/aromatic N) is 1. The van der Waals surface area contributed by atoms with Crippen molar-refractivity contribution < 1.29 is 19.0 Å². The number of nitrogens with two attached hydrogens (primary N) is 1. The van der Waals surface area contributed by atoms with Crippen LogP contribution in [0.25, 0.3) is 0 Å². The highest BCUT2D eigenvalue weighted by atomic mass is 35.5. The van der Waals surface area contributed by atoms with Crippen molar-refractivity contribution in [3.8, 4) is 23.3 Å². The van der Waals surface area contributed by atoms with Crippen LogP contribution in [0.15, 0.2) is 70.9 Å². The molecule has 0 saturated carbocycles. The van der Waals surface area contributed by atoms with Crippen LogP contribution in [-0.2, 0) is 0 Å². The Balaban J connectivity index is 1.59. The summed E-state index contributed by atoms with van der Waals surface area (Å²) in [6, 6.07) is 18.0. The van der Waals surface area contributed by atoms with E-state index in [1.807, 2.05) is 37.4 Å². The van der Waals surface area contributed by atoms with Gasteiger partial charge in [0.25, 0.3) is 0 Å². The number of nitriles is 1. The fraction of sp³-hybridized carbons (Fsp3) is 0.214. The van der Waals surface area contributed by atoms with Crippen molar-refractivity contribution in [2.45, 2.75) is 30.6 Å². The van der Waals surface area contributed by atoms with Crippen LogP contribution in [0.3, 0.4) is 0 Å². The number of rotatable bonds is 8. The number of hydrogen-bond donors (Lipinski definition) is 1. The van der Waals surface area contributed by atoms with Crippen LogP contribution >= 0.6 is 35.0 Å². The van der Waals surface area contributed by atoms with Gasteiger partial charge in [-0.15, -0.1) is 11.8 Å². The Morgan fingerprint density at radius 3 is 2.46 bits per heavy atom. The molecule has 37 heavy (non-hydrogen) atoms. The molecule has 0 saturated heterocycles. The molecular weight excluding hydrogens is 531 g/mol. The maximum absolute atomic E-state index is 12.9. The molecule has 1 aliphatic heterocycles. The number of hydrogen-bond acceptors (Lipinski definition) is 7. The first-order valence-electron chi connectivity index (χ1n) is 11.6. The topological polar surface area (TPSA) is 94.6 Å². The Bertz CT molecular complexity index is 1380. The van der Waals surface area contributed by atoms with Crippen LogP contribution in [0, 0.1) is 11.3 Å². The van der Waals surface area contributed by atoms with Crippen molar-refractivity contribution in [3.05, 3.63) is 92.8 Å². The third kappa shape index (κ3) is 5.83. The summed E-state index contributed by atoms with van der Waals surface area (Å²) in [6.07, 6.45) is 3.82. The van der Waals surface area contributed by atoms with Crippen molar-refractivity contribution in [2.75, 3.05) is 12.9 Å². The molecule has 2 N–H and O–H groups in total. The lowest BCUT2D eigenvalue weighted by molar-refractivity contribution is 0.0734. The predicted octanol–water partition coefficient (Wildman–Crippen LogP) is 7.33.